The van der Waals surface area contributed by atoms with Crippen LogP contribution in [0.15, 0.2) is 42.5 Å². The van der Waals surface area contributed by atoms with E-state index < -0.39 is 21.7 Å². The summed E-state index contributed by atoms with van der Waals surface area (Å²) in [6.45, 7) is 8.60. The fraction of sp³-hybridized carbons (Fsp3) is 0.364. The largest absolute Gasteiger partial charge is 0.491 e. The molecule has 0 aliphatic heterocycles. The molecular weight excluding hydrogens is 454 g/mol. The lowest BCUT2D eigenvalue weighted by atomic mass is 10.1. The molecule has 0 aromatic heterocycles. The van der Waals surface area contributed by atoms with E-state index in [9.17, 15) is 18.0 Å². The van der Waals surface area contributed by atoms with Crippen molar-refractivity contribution in [2.24, 2.45) is 0 Å². The summed E-state index contributed by atoms with van der Waals surface area (Å²) >= 11 is 6.21. The van der Waals surface area contributed by atoms with Crippen molar-refractivity contribution < 1.29 is 22.7 Å². The van der Waals surface area contributed by atoms with E-state index in [1.165, 1.54) is 18.2 Å². The minimum absolute atomic E-state index is 0.000784. The molecule has 0 bridgehead atoms. The lowest BCUT2D eigenvalue weighted by Crippen LogP contribution is -2.30. The first kappa shape index (κ1) is 25.5. The summed E-state index contributed by atoms with van der Waals surface area (Å²) in [6.07, 6.45) is -0.000784. The topological polar surface area (TPSA) is 105 Å². The number of benzene rings is 2. The highest BCUT2D eigenvalue weighted by atomic mass is 35.5. The van der Waals surface area contributed by atoms with Crippen LogP contribution in [0.2, 0.25) is 5.02 Å². The van der Waals surface area contributed by atoms with Crippen LogP contribution in [0.25, 0.3) is 0 Å². The van der Waals surface area contributed by atoms with Crippen LogP contribution in [0.4, 0.5) is 11.4 Å². The van der Waals surface area contributed by atoms with Crippen molar-refractivity contribution in [1.29, 1.82) is 0 Å². The zero-order valence-electron chi connectivity index (χ0n) is 18.5. The number of anilines is 2. The van der Waals surface area contributed by atoms with Gasteiger partial charge in [-0.3, -0.25) is 14.3 Å². The number of carbonyl (C=O) groups is 2. The second-order valence-electron chi connectivity index (χ2n) is 7.27. The molecule has 0 spiro atoms. The molecule has 2 N–H and O–H groups in total. The van der Waals surface area contributed by atoms with Gasteiger partial charge in [-0.05, 0) is 70.2 Å². The van der Waals surface area contributed by atoms with E-state index in [4.69, 9.17) is 16.3 Å². The van der Waals surface area contributed by atoms with Crippen molar-refractivity contribution in [3.8, 4) is 5.75 Å². The standard InChI is InChI=1S/C22H28ClN3O5S/c1-5-26(6-2)22(28)19-12-9-17(13-20(19)23)24-21(27)14-32(29,30)25-16-7-10-18(11-8-16)31-15(3)4/h7-13,15,25H,5-6,14H2,1-4H3,(H,24,27). The van der Waals surface area contributed by atoms with Gasteiger partial charge in [-0.25, -0.2) is 8.42 Å². The van der Waals surface area contributed by atoms with E-state index in [1.807, 2.05) is 27.7 Å². The molecule has 0 aliphatic carbocycles. The number of halogens is 1. The Labute approximate surface area is 193 Å². The molecule has 0 unspecified atom stereocenters. The van der Waals surface area contributed by atoms with Gasteiger partial charge in [0.15, 0.2) is 0 Å². The normalized spacial score (nSPS) is 11.2. The molecule has 0 fully saturated rings. The van der Waals surface area contributed by atoms with Gasteiger partial charge in [0.25, 0.3) is 5.91 Å². The fourth-order valence-corrected chi connectivity index (χ4v) is 4.15. The molecule has 2 aromatic rings. The molecule has 32 heavy (non-hydrogen) atoms. The van der Waals surface area contributed by atoms with E-state index >= 15 is 0 Å². The average Bonchev–Trinajstić information content (AvgIpc) is 2.69. The monoisotopic (exact) mass is 481 g/mol. The number of amides is 2. The molecule has 0 heterocycles. The maximum absolute atomic E-state index is 12.5. The lowest BCUT2D eigenvalue weighted by Gasteiger charge is -2.19. The van der Waals surface area contributed by atoms with Gasteiger partial charge >= 0.3 is 0 Å². The number of ether oxygens (including phenoxy) is 1. The average molecular weight is 482 g/mol. The van der Waals surface area contributed by atoms with Gasteiger partial charge in [0.1, 0.15) is 11.5 Å². The lowest BCUT2D eigenvalue weighted by molar-refractivity contribution is -0.113. The van der Waals surface area contributed by atoms with E-state index in [1.54, 1.807) is 29.2 Å². The Hall–Kier alpha value is -2.78. The molecule has 8 nitrogen and oxygen atoms in total. The van der Waals surface area contributed by atoms with E-state index in [0.717, 1.165) is 0 Å². The Morgan fingerprint density at radius 3 is 2.16 bits per heavy atom. The maximum atomic E-state index is 12.5. The predicted molar refractivity (Wildman–Crippen MR) is 127 cm³/mol. The molecule has 10 heteroatoms. The Morgan fingerprint density at radius 2 is 1.62 bits per heavy atom. The van der Waals surface area contributed by atoms with Gasteiger partial charge in [-0.1, -0.05) is 11.6 Å². The van der Waals surface area contributed by atoms with Gasteiger partial charge in [-0.15, -0.1) is 0 Å². The smallest absolute Gasteiger partial charge is 0.255 e. The molecular formula is C22H28ClN3O5S. The molecule has 174 valence electrons. The highest BCUT2D eigenvalue weighted by Gasteiger charge is 2.19. The highest BCUT2D eigenvalue weighted by Crippen LogP contribution is 2.23. The number of carbonyl (C=O) groups excluding carboxylic acids is 2. The van der Waals surface area contributed by atoms with E-state index in [0.29, 0.717) is 35.8 Å². The third kappa shape index (κ3) is 7.42. The molecule has 0 saturated carbocycles. The number of rotatable bonds is 10. The van der Waals surface area contributed by atoms with Gasteiger partial charge in [0.05, 0.1) is 16.7 Å². The Bertz CT molecular complexity index is 1050. The number of nitrogens with one attached hydrogen (secondary N) is 2. The van der Waals surface area contributed by atoms with Crippen LogP contribution in [0.1, 0.15) is 38.1 Å². The first-order valence-electron chi connectivity index (χ1n) is 10.2. The minimum Gasteiger partial charge on any atom is -0.491 e. The van der Waals surface area contributed by atoms with Crippen LogP contribution in [0.5, 0.6) is 5.75 Å². The van der Waals surface area contributed by atoms with Crippen molar-refractivity contribution in [3.63, 3.8) is 0 Å². The second kappa shape index (κ2) is 11.2. The van der Waals surface area contributed by atoms with Crippen molar-refractivity contribution in [2.75, 3.05) is 28.9 Å². The zero-order valence-corrected chi connectivity index (χ0v) is 20.1. The third-order valence-corrected chi connectivity index (χ3v) is 5.86. The van der Waals surface area contributed by atoms with Crippen molar-refractivity contribution in [2.45, 2.75) is 33.8 Å². The quantitative estimate of drug-likeness (QED) is 0.533. The first-order chi connectivity index (χ1) is 15.0. The van der Waals surface area contributed by atoms with Gasteiger partial charge in [0, 0.05) is 24.5 Å². The molecule has 2 rings (SSSR count). The summed E-state index contributed by atoms with van der Waals surface area (Å²) in [6, 6.07) is 10.8. The predicted octanol–water partition coefficient (Wildman–Crippen LogP) is 3.99. The molecule has 0 saturated heterocycles. The van der Waals surface area contributed by atoms with Gasteiger partial charge in [-0.2, -0.15) is 0 Å². The fourth-order valence-electron chi connectivity index (χ4n) is 2.91. The summed E-state index contributed by atoms with van der Waals surface area (Å²) in [7, 11) is -3.94. The van der Waals surface area contributed by atoms with Crippen molar-refractivity contribution in [3.05, 3.63) is 53.1 Å². The minimum atomic E-state index is -3.94. The molecule has 2 amide bonds. The van der Waals surface area contributed by atoms with Gasteiger partial charge < -0.3 is 15.0 Å². The molecule has 0 radical (unpaired) electrons. The Kier molecular flexibility index (Phi) is 8.91. The summed E-state index contributed by atoms with van der Waals surface area (Å²) < 4.78 is 32.5. The first-order valence-corrected chi connectivity index (χ1v) is 12.2. The van der Waals surface area contributed by atoms with Gasteiger partial charge in [0.2, 0.25) is 15.9 Å². The molecule has 0 aliphatic rings. The zero-order chi connectivity index (χ0) is 23.9. The number of sulfonamides is 1. The summed E-state index contributed by atoms with van der Waals surface area (Å²) in [5.74, 6) is -1.12. The van der Waals surface area contributed by atoms with Crippen LogP contribution in [-0.4, -0.2) is 50.1 Å². The Balaban J connectivity index is 2.00. The van der Waals surface area contributed by atoms with E-state index in [-0.39, 0.29) is 17.0 Å². The van der Waals surface area contributed by atoms with Crippen LogP contribution in [-0.2, 0) is 14.8 Å². The van der Waals surface area contributed by atoms with Crippen LogP contribution < -0.4 is 14.8 Å². The third-order valence-electron chi connectivity index (χ3n) is 4.35. The summed E-state index contributed by atoms with van der Waals surface area (Å²) in [4.78, 5) is 26.3. The highest BCUT2D eigenvalue weighted by molar-refractivity contribution is 7.93. The maximum Gasteiger partial charge on any atom is 0.255 e. The molecule has 2 aromatic carbocycles. The summed E-state index contributed by atoms with van der Waals surface area (Å²) in [5.41, 5.74) is 0.922. The van der Waals surface area contributed by atoms with Crippen LogP contribution in [0, 0.1) is 0 Å². The number of hydrogen-bond donors (Lipinski definition) is 2. The second-order valence-corrected chi connectivity index (χ2v) is 9.40. The van der Waals surface area contributed by atoms with Crippen LogP contribution in [0.3, 0.4) is 0 Å². The van der Waals surface area contributed by atoms with Crippen molar-refractivity contribution in [1.82, 2.24) is 4.90 Å². The summed E-state index contributed by atoms with van der Waals surface area (Å²) in [5, 5.41) is 2.66. The van der Waals surface area contributed by atoms with Crippen molar-refractivity contribution >= 4 is 44.8 Å². The molecule has 0 atom stereocenters. The van der Waals surface area contributed by atoms with E-state index in [2.05, 4.69) is 10.0 Å². The SMILES string of the molecule is CCN(CC)C(=O)c1ccc(NC(=O)CS(=O)(=O)Nc2ccc(OC(C)C)cc2)cc1Cl. The number of hydrogen-bond acceptors (Lipinski definition) is 5. The number of nitrogens with zero attached hydrogens (tertiary/aromatic N) is 1. The Morgan fingerprint density at radius 1 is 1.03 bits per heavy atom. The van der Waals surface area contributed by atoms with Crippen LogP contribution >= 0.6 is 11.6 Å².